The molecule has 1 aliphatic rings. The second-order valence-electron chi connectivity index (χ2n) is 3.20. The largest absolute Gasteiger partial charge is 0.468 e. The minimum atomic E-state index is 0.0994. The molecule has 1 aliphatic heterocycles. The highest BCUT2D eigenvalue weighted by atomic mass is 16.5. The van der Waals surface area contributed by atoms with Crippen molar-refractivity contribution in [1.82, 2.24) is 0 Å². The van der Waals surface area contributed by atoms with E-state index in [-0.39, 0.29) is 6.10 Å². The van der Waals surface area contributed by atoms with E-state index in [4.69, 9.17) is 4.74 Å². The van der Waals surface area contributed by atoms with E-state index >= 15 is 0 Å². The van der Waals surface area contributed by atoms with Crippen molar-refractivity contribution < 1.29 is 4.74 Å². The van der Waals surface area contributed by atoms with Crippen LogP contribution in [0.25, 0.3) is 0 Å². The average molecular weight is 187 g/mol. The van der Waals surface area contributed by atoms with E-state index in [1.54, 1.807) is 0 Å². The van der Waals surface area contributed by atoms with Gasteiger partial charge in [0, 0.05) is 0 Å². The number of ether oxygens (including phenoxy) is 1. The summed E-state index contributed by atoms with van der Waals surface area (Å²) < 4.78 is 5.65. The van der Waals surface area contributed by atoms with Crippen LogP contribution >= 0.6 is 0 Å². The Kier molecular flexibility index (Phi) is 2.63. The standard InChI is InChI=1S/C12H13NO/c1-2-6-12-13-9-11(14-12)10-7-4-3-5-8-10/h2-8,11H,9H2,1H3/b6-2+. The lowest BCUT2D eigenvalue weighted by Gasteiger charge is -2.09. The molecule has 1 atom stereocenters. The van der Waals surface area contributed by atoms with E-state index in [0.29, 0.717) is 0 Å². The lowest BCUT2D eigenvalue weighted by molar-refractivity contribution is 0.231. The van der Waals surface area contributed by atoms with Crippen LogP contribution in [0.3, 0.4) is 0 Å². The molecule has 1 unspecified atom stereocenters. The Morgan fingerprint density at radius 2 is 2.14 bits per heavy atom. The van der Waals surface area contributed by atoms with Crippen LogP contribution in [-0.2, 0) is 4.74 Å². The van der Waals surface area contributed by atoms with Gasteiger partial charge in [0.25, 0.3) is 0 Å². The molecule has 14 heavy (non-hydrogen) atoms. The third-order valence-corrected chi connectivity index (χ3v) is 2.16. The van der Waals surface area contributed by atoms with Crippen LogP contribution in [0, 0.1) is 0 Å². The molecule has 2 rings (SSSR count). The van der Waals surface area contributed by atoms with Crippen molar-refractivity contribution in [3.05, 3.63) is 48.0 Å². The molecule has 2 nitrogen and oxygen atoms in total. The summed E-state index contributed by atoms with van der Waals surface area (Å²) in [6.45, 7) is 2.69. The van der Waals surface area contributed by atoms with Gasteiger partial charge >= 0.3 is 0 Å². The molecule has 72 valence electrons. The predicted octanol–water partition coefficient (Wildman–Crippen LogP) is 2.73. The van der Waals surface area contributed by atoms with Crippen LogP contribution in [0.15, 0.2) is 47.5 Å². The molecule has 0 radical (unpaired) electrons. The minimum absolute atomic E-state index is 0.0994. The Morgan fingerprint density at radius 1 is 1.36 bits per heavy atom. The van der Waals surface area contributed by atoms with Gasteiger partial charge in [0.15, 0.2) is 0 Å². The second-order valence-corrected chi connectivity index (χ2v) is 3.20. The summed E-state index contributed by atoms with van der Waals surface area (Å²) in [6, 6.07) is 10.2. The lowest BCUT2D eigenvalue weighted by Crippen LogP contribution is -2.02. The summed E-state index contributed by atoms with van der Waals surface area (Å²) in [5, 5.41) is 0. The zero-order chi connectivity index (χ0) is 9.80. The number of allylic oxidation sites excluding steroid dienone is 1. The number of benzene rings is 1. The molecule has 1 aromatic carbocycles. The summed E-state index contributed by atoms with van der Waals surface area (Å²) in [6.07, 6.45) is 3.93. The fourth-order valence-corrected chi connectivity index (χ4v) is 1.47. The van der Waals surface area contributed by atoms with Crippen LogP contribution in [0.4, 0.5) is 0 Å². The van der Waals surface area contributed by atoms with Crippen molar-refractivity contribution in [3.63, 3.8) is 0 Å². The average Bonchev–Trinajstić information content (AvgIpc) is 2.68. The summed E-state index contributed by atoms with van der Waals surface area (Å²) in [5.41, 5.74) is 1.19. The van der Waals surface area contributed by atoms with Gasteiger partial charge in [-0.1, -0.05) is 36.4 Å². The molecule has 0 aromatic heterocycles. The highest BCUT2D eigenvalue weighted by Crippen LogP contribution is 2.22. The number of hydrogen-bond acceptors (Lipinski definition) is 2. The maximum Gasteiger partial charge on any atom is 0.209 e. The zero-order valence-electron chi connectivity index (χ0n) is 8.18. The van der Waals surface area contributed by atoms with Gasteiger partial charge in [-0.3, -0.25) is 0 Å². The SMILES string of the molecule is C/C=C/C1=NCC(c2ccccc2)O1. The number of nitrogens with zero attached hydrogens (tertiary/aromatic N) is 1. The Bertz CT molecular complexity index is 354. The summed E-state index contributed by atoms with van der Waals surface area (Å²) in [4.78, 5) is 4.29. The molecule has 0 amide bonds. The molecule has 1 heterocycles. The fourth-order valence-electron chi connectivity index (χ4n) is 1.47. The summed E-state index contributed by atoms with van der Waals surface area (Å²) >= 11 is 0. The maximum atomic E-state index is 5.65. The third-order valence-electron chi connectivity index (χ3n) is 2.16. The molecule has 1 aromatic rings. The molecule has 0 saturated carbocycles. The topological polar surface area (TPSA) is 21.6 Å². The van der Waals surface area contributed by atoms with E-state index in [9.17, 15) is 0 Å². The van der Waals surface area contributed by atoms with Crippen molar-refractivity contribution in [1.29, 1.82) is 0 Å². The van der Waals surface area contributed by atoms with E-state index < -0.39 is 0 Å². The molecule has 2 heteroatoms. The van der Waals surface area contributed by atoms with Gasteiger partial charge in [0.1, 0.15) is 6.10 Å². The third kappa shape index (κ3) is 1.84. The van der Waals surface area contributed by atoms with E-state index in [2.05, 4.69) is 17.1 Å². The van der Waals surface area contributed by atoms with Crippen LogP contribution < -0.4 is 0 Å². The Morgan fingerprint density at radius 3 is 2.86 bits per heavy atom. The number of hydrogen-bond donors (Lipinski definition) is 0. The molecular weight excluding hydrogens is 174 g/mol. The normalized spacial score (nSPS) is 20.9. The van der Waals surface area contributed by atoms with Gasteiger partial charge in [-0.2, -0.15) is 0 Å². The molecule has 0 bridgehead atoms. The second kappa shape index (κ2) is 4.09. The van der Waals surface area contributed by atoms with Crippen molar-refractivity contribution in [2.45, 2.75) is 13.0 Å². The van der Waals surface area contributed by atoms with Gasteiger partial charge in [-0.25, -0.2) is 4.99 Å². The first-order valence-electron chi connectivity index (χ1n) is 4.79. The highest BCUT2D eigenvalue weighted by Gasteiger charge is 2.19. The first kappa shape index (κ1) is 9.00. The quantitative estimate of drug-likeness (QED) is 0.697. The fraction of sp³-hybridized carbons (Fsp3) is 0.250. The van der Waals surface area contributed by atoms with E-state index in [0.717, 1.165) is 12.4 Å². The molecule has 0 spiro atoms. The molecule has 0 N–H and O–H groups in total. The minimum Gasteiger partial charge on any atom is -0.468 e. The number of rotatable bonds is 2. The van der Waals surface area contributed by atoms with Gasteiger partial charge < -0.3 is 4.74 Å². The summed E-state index contributed by atoms with van der Waals surface area (Å²) in [7, 11) is 0. The van der Waals surface area contributed by atoms with Crippen molar-refractivity contribution >= 4 is 5.90 Å². The first-order chi connectivity index (χ1) is 6.90. The van der Waals surface area contributed by atoms with Gasteiger partial charge in [0.05, 0.1) is 6.54 Å². The highest BCUT2D eigenvalue weighted by molar-refractivity contribution is 5.88. The first-order valence-corrected chi connectivity index (χ1v) is 4.79. The van der Waals surface area contributed by atoms with Gasteiger partial charge in [-0.15, -0.1) is 0 Å². The molecule has 0 aliphatic carbocycles. The van der Waals surface area contributed by atoms with Crippen molar-refractivity contribution in [2.75, 3.05) is 6.54 Å². The predicted molar refractivity (Wildman–Crippen MR) is 57.4 cm³/mol. The van der Waals surface area contributed by atoms with Crippen LogP contribution in [0.1, 0.15) is 18.6 Å². The molecular formula is C12H13NO. The Hall–Kier alpha value is -1.57. The van der Waals surface area contributed by atoms with Crippen LogP contribution in [0.2, 0.25) is 0 Å². The Labute approximate surface area is 83.9 Å². The van der Waals surface area contributed by atoms with Crippen molar-refractivity contribution in [3.8, 4) is 0 Å². The van der Waals surface area contributed by atoms with Crippen molar-refractivity contribution in [2.24, 2.45) is 4.99 Å². The molecule has 0 fully saturated rings. The maximum absolute atomic E-state index is 5.65. The molecule has 0 saturated heterocycles. The smallest absolute Gasteiger partial charge is 0.209 e. The zero-order valence-corrected chi connectivity index (χ0v) is 8.18. The van der Waals surface area contributed by atoms with Gasteiger partial charge in [-0.05, 0) is 18.6 Å². The van der Waals surface area contributed by atoms with E-state index in [1.807, 2.05) is 37.3 Å². The van der Waals surface area contributed by atoms with Crippen LogP contribution in [0.5, 0.6) is 0 Å². The Balaban J connectivity index is 2.06. The van der Waals surface area contributed by atoms with Crippen LogP contribution in [-0.4, -0.2) is 12.4 Å². The summed E-state index contributed by atoms with van der Waals surface area (Å²) in [5.74, 6) is 0.737. The van der Waals surface area contributed by atoms with Gasteiger partial charge in [0.2, 0.25) is 5.90 Å². The number of aliphatic imine (C=N–C) groups is 1. The monoisotopic (exact) mass is 187 g/mol. The lowest BCUT2D eigenvalue weighted by atomic mass is 10.1. The van der Waals surface area contributed by atoms with E-state index in [1.165, 1.54) is 5.56 Å².